The Balaban J connectivity index is 2.42. The highest BCUT2D eigenvalue weighted by Gasteiger charge is 2.69. The molecule has 0 bridgehead atoms. The first-order chi connectivity index (χ1) is 7.11. The van der Waals surface area contributed by atoms with Crippen LogP contribution in [0.4, 0.5) is 0 Å². The number of halogens is 1. The molecule has 1 aliphatic rings. The van der Waals surface area contributed by atoms with Crippen LogP contribution in [0.3, 0.4) is 0 Å². The van der Waals surface area contributed by atoms with Crippen molar-refractivity contribution < 1.29 is 0 Å². The molecule has 2 unspecified atom stereocenters. The van der Waals surface area contributed by atoms with Gasteiger partial charge in [0.15, 0.2) is 0 Å². The predicted molar refractivity (Wildman–Crippen MR) is 66.4 cm³/mol. The predicted octanol–water partition coefficient (Wildman–Crippen LogP) is 4.23. The number of hydrogen-bond donors (Lipinski definition) is 0. The minimum atomic E-state index is 0.315. The third-order valence-electron chi connectivity index (χ3n) is 4.53. The molecule has 82 valence electrons. The van der Waals surface area contributed by atoms with E-state index in [1.54, 1.807) is 0 Å². The lowest BCUT2D eigenvalue weighted by molar-refractivity contribution is 0.482. The summed E-state index contributed by atoms with van der Waals surface area (Å²) in [6.07, 6.45) is 1.18. The molecule has 2 rings (SSSR count). The van der Waals surface area contributed by atoms with Crippen molar-refractivity contribution in [2.45, 2.75) is 32.6 Å². The number of rotatable bonds is 3. The van der Waals surface area contributed by atoms with Crippen molar-refractivity contribution in [2.75, 3.05) is 5.88 Å². The second-order valence-electron chi connectivity index (χ2n) is 5.12. The Labute approximate surface area is 97.6 Å². The van der Waals surface area contributed by atoms with Gasteiger partial charge in [-0.15, -0.1) is 11.6 Å². The normalized spacial score (nSPS) is 32.7. The Morgan fingerprint density at radius 2 is 1.80 bits per heavy atom. The molecule has 1 aliphatic carbocycles. The molecule has 0 aromatic heterocycles. The molecule has 0 spiro atoms. The van der Waals surface area contributed by atoms with Gasteiger partial charge in [-0.2, -0.15) is 0 Å². The van der Waals surface area contributed by atoms with Crippen LogP contribution in [-0.2, 0) is 5.41 Å². The largest absolute Gasteiger partial charge is 0.126 e. The van der Waals surface area contributed by atoms with Crippen LogP contribution in [0.25, 0.3) is 0 Å². The third-order valence-corrected chi connectivity index (χ3v) is 4.84. The standard InChI is InChI=1S/C14H19Cl/c1-4-14(11-8-6-5-7-9-11)12(10-15)13(14,2)3/h5-9,12H,4,10H2,1-3H3. The lowest BCUT2D eigenvalue weighted by Gasteiger charge is -2.19. The maximum atomic E-state index is 6.10. The Bertz CT molecular complexity index is 342. The smallest absolute Gasteiger partial charge is 0.0265 e. The highest BCUT2D eigenvalue weighted by molar-refractivity contribution is 6.18. The van der Waals surface area contributed by atoms with Gasteiger partial charge in [0, 0.05) is 11.3 Å². The van der Waals surface area contributed by atoms with E-state index in [-0.39, 0.29) is 0 Å². The van der Waals surface area contributed by atoms with Crippen LogP contribution in [0, 0.1) is 11.3 Å². The zero-order valence-electron chi connectivity index (χ0n) is 9.76. The Morgan fingerprint density at radius 1 is 1.20 bits per heavy atom. The van der Waals surface area contributed by atoms with Crippen LogP contribution in [0.5, 0.6) is 0 Å². The third kappa shape index (κ3) is 1.27. The molecule has 0 amide bonds. The van der Waals surface area contributed by atoms with Crippen molar-refractivity contribution >= 4 is 11.6 Å². The number of alkyl halides is 1. The molecule has 1 aromatic carbocycles. The fraction of sp³-hybridized carbons (Fsp3) is 0.571. The van der Waals surface area contributed by atoms with Gasteiger partial charge in [-0.25, -0.2) is 0 Å². The maximum Gasteiger partial charge on any atom is 0.0265 e. The van der Waals surface area contributed by atoms with Crippen LogP contribution in [0.1, 0.15) is 32.8 Å². The van der Waals surface area contributed by atoms with Crippen LogP contribution in [0.15, 0.2) is 30.3 Å². The molecule has 0 saturated heterocycles. The van der Waals surface area contributed by atoms with Gasteiger partial charge in [-0.3, -0.25) is 0 Å². The minimum Gasteiger partial charge on any atom is -0.126 e. The second-order valence-corrected chi connectivity index (χ2v) is 5.43. The molecule has 0 aliphatic heterocycles. The summed E-state index contributed by atoms with van der Waals surface area (Å²) >= 11 is 6.10. The van der Waals surface area contributed by atoms with E-state index in [9.17, 15) is 0 Å². The van der Waals surface area contributed by atoms with Crippen molar-refractivity contribution in [1.29, 1.82) is 0 Å². The SMILES string of the molecule is CCC1(c2ccccc2)C(CCl)C1(C)C. The van der Waals surface area contributed by atoms with E-state index in [4.69, 9.17) is 11.6 Å². The highest BCUT2D eigenvalue weighted by Crippen LogP contribution is 2.71. The first kappa shape index (κ1) is 11.0. The van der Waals surface area contributed by atoms with Gasteiger partial charge in [0.1, 0.15) is 0 Å². The van der Waals surface area contributed by atoms with Crippen molar-refractivity contribution in [1.82, 2.24) is 0 Å². The molecular weight excluding hydrogens is 204 g/mol. The zero-order chi connectivity index (χ0) is 11.1. The molecule has 0 heterocycles. The van der Waals surface area contributed by atoms with Gasteiger partial charge >= 0.3 is 0 Å². The topological polar surface area (TPSA) is 0 Å². The fourth-order valence-electron chi connectivity index (χ4n) is 3.51. The van der Waals surface area contributed by atoms with Gasteiger partial charge in [0.25, 0.3) is 0 Å². The van der Waals surface area contributed by atoms with Gasteiger partial charge in [0.05, 0.1) is 0 Å². The Morgan fingerprint density at radius 3 is 2.20 bits per heavy atom. The first-order valence-electron chi connectivity index (χ1n) is 5.72. The average molecular weight is 223 g/mol. The fourth-order valence-corrected chi connectivity index (χ4v) is 4.15. The van der Waals surface area contributed by atoms with Crippen molar-refractivity contribution in [3.63, 3.8) is 0 Å². The quantitative estimate of drug-likeness (QED) is 0.672. The van der Waals surface area contributed by atoms with E-state index < -0.39 is 0 Å². The number of benzene rings is 1. The van der Waals surface area contributed by atoms with Crippen LogP contribution >= 0.6 is 11.6 Å². The van der Waals surface area contributed by atoms with Crippen LogP contribution in [-0.4, -0.2) is 5.88 Å². The lowest BCUT2D eigenvalue weighted by atomic mass is 9.85. The average Bonchev–Trinajstić information content (AvgIpc) is 2.76. The van der Waals surface area contributed by atoms with E-state index in [0.717, 1.165) is 5.88 Å². The summed E-state index contributed by atoms with van der Waals surface area (Å²) in [5.74, 6) is 1.40. The summed E-state index contributed by atoms with van der Waals surface area (Å²) in [7, 11) is 0. The van der Waals surface area contributed by atoms with Crippen LogP contribution < -0.4 is 0 Å². The zero-order valence-corrected chi connectivity index (χ0v) is 10.5. The summed E-state index contributed by atoms with van der Waals surface area (Å²) in [4.78, 5) is 0. The Hall–Kier alpha value is -0.490. The summed E-state index contributed by atoms with van der Waals surface area (Å²) in [5.41, 5.74) is 2.13. The van der Waals surface area contributed by atoms with Gasteiger partial charge in [0.2, 0.25) is 0 Å². The van der Waals surface area contributed by atoms with E-state index in [1.807, 2.05) is 0 Å². The van der Waals surface area contributed by atoms with Crippen LogP contribution in [0.2, 0.25) is 0 Å². The molecule has 0 radical (unpaired) electrons. The molecule has 0 N–H and O–H groups in total. The molecule has 0 nitrogen and oxygen atoms in total. The molecule has 1 saturated carbocycles. The maximum absolute atomic E-state index is 6.10. The van der Waals surface area contributed by atoms with Gasteiger partial charge in [-0.1, -0.05) is 51.1 Å². The minimum absolute atomic E-state index is 0.315. The summed E-state index contributed by atoms with van der Waals surface area (Å²) in [6, 6.07) is 10.8. The first-order valence-corrected chi connectivity index (χ1v) is 6.26. The Kier molecular flexibility index (Phi) is 2.58. The van der Waals surface area contributed by atoms with Gasteiger partial charge < -0.3 is 0 Å². The highest BCUT2D eigenvalue weighted by atomic mass is 35.5. The van der Waals surface area contributed by atoms with Gasteiger partial charge in [-0.05, 0) is 23.3 Å². The summed E-state index contributed by atoms with van der Waals surface area (Å²) < 4.78 is 0. The molecule has 15 heavy (non-hydrogen) atoms. The second kappa shape index (κ2) is 3.52. The summed E-state index contributed by atoms with van der Waals surface area (Å²) in [5, 5.41) is 0. The van der Waals surface area contributed by atoms with E-state index in [1.165, 1.54) is 12.0 Å². The molecule has 1 heteroatoms. The van der Waals surface area contributed by atoms with Crippen molar-refractivity contribution in [2.24, 2.45) is 11.3 Å². The molecular formula is C14H19Cl. The van der Waals surface area contributed by atoms with E-state index in [2.05, 4.69) is 51.1 Å². The van der Waals surface area contributed by atoms with Crippen molar-refractivity contribution in [3.8, 4) is 0 Å². The monoisotopic (exact) mass is 222 g/mol. The lowest BCUT2D eigenvalue weighted by Crippen LogP contribution is -2.13. The van der Waals surface area contributed by atoms with Crippen molar-refractivity contribution in [3.05, 3.63) is 35.9 Å². The molecule has 1 fully saturated rings. The van der Waals surface area contributed by atoms with E-state index >= 15 is 0 Å². The van der Waals surface area contributed by atoms with E-state index in [0.29, 0.717) is 16.7 Å². The molecule has 1 aromatic rings. The summed E-state index contributed by atoms with van der Waals surface area (Å²) in [6.45, 7) is 6.97. The number of hydrogen-bond acceptors (Lipinski definition) is 0. The molecule has 2 atom stereocenters.